The number of rotatable bonds is 5. The first-order valence-corrected chi connectivity index (χ1v) is 7.33. The molecule has 0 radical (unpaired) electrons. The first-order valence-electron chi connectivity index (χ1n) is 7.33. The summed E-state index contributed by atoms with van der Waals surface area (Å²) in [7, 11) is 0. The van der Waals surface area contributed by atoms with Gasteiger partial charge in [0.2, 0.25) is 0 Å². The average Bonchev–Trinajstić information content (AvgIpc) is 2.87. The van der Waals surface area contributed by atoms with Crippen LogP contribution in [0.15, 0.2) is 48.8 Å². The van der Waals surface area contributed by atoms with E-state index >= 15 is 0 Å². The van der Waals surface area contributed by atoms with E-state index in [4.69, 9.17) is 5.73 Å². The van der Waals surface area contributed by atoms with Crippen LogP contribution in [0.1, 0.15) is 18.9 Å². The molecule has 3 aromatic rings. The van der Waals surface area contributed by atoms with E-state index in [1.165, 1.54) is 16.5 Å². The molecule has 0 aliphatic carbocycles. The number of nitrogens with two attached hydrogens (primary N) is 1. The molecule has 0 bridgehead atoms. The molecule has 0 saturated heterocycles. The van der Waals surface area contributed by atoms with Gasteiger partial charge in [0.1, 0.15) is 0 Å². The molecule has 2 aromatic heterocycles. The van der Waals surface area contributed by atoms with Gasteiger partial charge in [-0.25, -0.2) is 0 Å². The first-order chi connectivity index (χ1) is 10.4. The summed E-state index contributed by atoms with van der Waals surface area (Å²) in [6.07, 6.45) is 4.70. The first kappa shape index (κ1) is 13.6. The lowest BCUT2D eigenvalue weighted by Crippen LogP contribution is -2.17. The van der Waals surface area contributed by atoms with E-state index < -0.39 is 0 Å². The fourth-order valence-corrected chi connectivity index (χ4v) is 2.71. The maximum absolute atomic E-state index is 6.04. The van der Waals surface area contributed by atoms with Crippen molar-refractivity contribution in [2.75, 3.05) is 12.0 Å². The molecule has 2 heterocycles. The third-order valence-corrected chi connectivity index (χ3v) is 3.66. The Morgan fingerprint density at radius 1 is 1.14 bits per heavy atom. The highest BCUT2D eigenvalue weighted by molar-refractivity contribution is 5.92. The molecule has 1 aromatic carbocycles. The van der Waals surface area contributed by atoms with Crippen LogP contribution in [0, 0.1) is 0 Å². The molecule has 4 heteroatoms. The molecule has 3 rings (SSSR count). The van der Waals surface area contributed by atoms with Gasteiger partial charge in [-0.3, -0.25) is 9.66 Å². The van der Waals surface area contributed by atoms with E-state index in [-0.39, 0.29) is 0 Å². The number of benzene rings is 1. The second-order valence-corrected chi connectivity index (χ2v) is 5.03. The maximum Gasteiger partial charge on any atom is 0.0751 e. The number of aromatic nitrogens is 2. The quantitative estimate of drug-likeness (QED) is 0.755. The second kappa shape index (κ2) is 5.97. The molecule has 108 valence electrons. The van der Waals surface area contributed by atoms with Crippen molar-refractivity contribution in [1.82, 2.24) is 9.66 Å². The Bertz CT molecular complexity index is 731. The number of pyridine rings is 1. The smallest absolute Gasteiger partial charge is 0.0751 e. The van der Waals surface area contributed by atoms with Crippen molar-refractivity contribution >= 4 is 10.9 Å². The molecule has 0 aliphatic heterocycles. The molecule has 4 nitrogen and oxygen atoms in total. The minimum atomic E-state index is 0.513. The fourth-order valence-electron chi connectivity index (χ4n) is 2.71. The molecule has 0 fully saturated rings. The molecular weight excluding hydrogens is 260 g/mol. The van der Waals surface area contributed by atoms with Gasteiger partial charge in [0.05, 0.1) is 11.2 Å². The number of para-hydroxylation sites is 1. The third kappa shape index (κ3) is 2.38. The lowest BCUT2D eigenvalue weighted by molar-refractivity contribution is 0.833. The van der Waals surface area contributed by atoms with Gasteiger partial charge in [-0.15, -0.1) is 0 Å². The number of fused-ring (bicyclic) bond motifs is 1. The molecule has 3 N–H and O–H groups in total. The highest BCUT2D eigenvalue weighted by Gasteiger charge is 2.17. The van der Waals surface area contributed by atoms with Crippen LogP contribution in [0.4, 0.5) is 0 Å². The van der Waals surface area contributed by atoms with Crippen LogP contribution in [-0.2, 0) is 6.54 Å². The summed E-state index contributed by atoms with van der Waals surface area (Å²) >= 11 is 0. The van der Waals surface area contributed by atoms with Crippen LogP contribution in [0.2, 0.25) is 0 Å². The fraction of sp³-hybridized carbons (Fsp3) is 0.235. The zero-order chi connectivity index (χ0) is 14.7. The van der Waals surface area contributed by atoms with Crippen molar-refractivity contribution in [2.24, 2.45) is 5.73 Å². The van der Waals surface area contributed by atoms with Crippen molar-refractivity contribution in [2.45, 2.75) is 19.9 Å². The summed E-state index contributed by atoms with van der Waals surface area (Å²) in [5.74, 6) is 0. The standard InChI is InChI=1S/C17H20N4/c1-2-9-20-21-16-6-4-3-5-14(16)15(12-18)17(21)13-7-10-19-11-8-13/h3-8,10-11,20H,2,9,12,18H2,1H3. The van der Waals surface area contributed by atoms with Gasteiger partial charge in [-0.2, -0.15) is 0 Å². The van der Waals surface area contributed by atoms with Crippen LogP contribution in [-0.4, -0.2) is 16.2 Å². The Labute approximate surface area is 124 Å². The third-order valence-electron chi connectivity index (χ3n) is 3.66. The zero-order valence-corrected chi connectivity index (χ0v) is 12.2. The normalized spacial score (nSPS) is 11.0. The van der Waals surface area contributed by atoms with Crippen LogP contribution in [0.3, 0.4) is 0 Å². The lowest BCUT2D eigenvalue weighted by atomic mass is 10.1. The van der Waals surface area contributed by atoms with Crippen LogP contribution < -0.4 is 11.2 Å². The summed E-state index contributed by atoms with van der Waals surface area (Å²) in [5, 5.41) is 1.20. The molecule has 0 spiro atoms. The van der Waals surface area contributed by atoms with Gasteiger partial charge in [-0.1, -0.05) is 25.1 Å². The number of nitrogens with zero attached hydrogens (tertiary/aromatic N) is 2. The Kier molecular flexibility index (Phi) is 3.88. The second-order valence-electron chi connectivity index (χ2n) is 5.03. The molecule has 0 unspecified atom stereocenters. The van der Waals surface area contributed by atoms with Crippen molar-refractivity contribution in [3.63, 3.8) is 0 Å². The molecule has 0 atom stereocenters. The van der Waals surface area contributed by atoms with E-state index in [0.717, 1.165) is 24.2 Å². The average molecular weight is 280 g/mol. The molecule has 0 amide bonds. The van der Waals surface area contributed by atoms with Gasteiger partial charge in [0, 0.05) is 42.0 Å². The van der Waals surface area contributed by atoms with Crippen molar-refractivity contribution < 1.29 is 0 Å². The van der Waals surface area contributed by atoms with Crippen LogP contribution in [0.5, 0.6) is 0 Å². The summed E-state index contributed by atoms with van der Waals surface area (Å²) in [6, 6.07) is 12.4. The summed E-state index contributed by atoms with van der Waals surface area (Å²) in [5.41, 5.74) is 14.1. The number of nitrogens with one attached hydrogen (secondary N) is 1. The highest BCUT2D eigenvalue weighted by Crippen LogP contribution is 2.32. The minimum Gasteiger partial charge on any atom is -0.326 e. The Morgan fingerprint density at radius 3 is 2.62 bits per heavy atom. The lowest BCUT2D eigenvalue weighted by Gasteiger charge is -2.14. The largest absolute Gasteiger partial charge is 0.326 e. The minimum absolute atomic E-state index is 0.513. The molecule has 21 heavy (non-hydrogen) atoms. The van der Waals surface area contributed by atoms with E-state index in [2.05, 4.69) is 46.3 Å². The summed E-state index contributed by atoms with van der Waals surface area (Å²) < 4.78 is 2.16. The highest BCUT2D eigenvalue weighted by atomic mass is 15.4. The topological polar surface area (TPSA) is 55.9 Å². The number of hydrogen-bond acceptors (Lipinski definition) is 3. The zero-order valence-electron chi connectivity index (χ0n) is 12.2. The van der Waals surface area contributed by atoms with E-state index in [9.17, 15) is 0 Å². The van der Waals surface area contributed by atoms with Gasteiger partial charge in [0.25, 0.3) is 0 Å². The number of hydrogen-bond donors (Lipinski definition) is 2. The van der Waals surface area contributed by atoms with E-state index in [1.807, 2.05) is 24.5 Å². The van der Waals surface area contributed by atoms with Crippen LogP contribution >= 0.6 is 0 Å². The molecular formula is C17H20N4. The van der Waals surface area contributed by atoms with Gasteiger partial charge < -0.3 is 11.2 Å². The summed E-state index contributed by atoms with van der Waals surface area (Å²) in [6.45, 7) is 3.59. The van der Waals surface area contributed by atoms with Crippen molar-refractivity contribution in [3.8, 4) is 11.3 Å². The SMILES string of the molecule is CCCNn1c(-c2ccncc2)c(CN)c2ccccc21. The Balaban J connectivity index is 2.29. The van der Waals surface area contributed by atoms with Gasteiger partial charge >= 0.3 is 0 Å². The van der Waals surface area contributed by atoms with Crippen molar-refractivity contribution in [1.29, 1.82) is 0 Å². The predicted molar refractivity (Wildman–Crippen MR) is 87.6 cm³/mol. The van der Waals surface area contributed by atoms with Crippen LogP contribution in [0.25, 0.3) is 22.2 Å². The molecule has 0 aliphatic rings. The van der Waals surface area contributed by atoms with E-state index in [1.54, 1.807) is 0 Å². The van der Waals surface area contributed by atoms with Gasteiger partial charge in [0.15, 0.2) is 0 Å². The summed E-state index contributed by atoms with van der Waals surface area (Å²) in [4.78, 5) is 4.11. The molecule has 0 saturated carbocycles. The monoisotopic (exact) mass is 280 g/mol. The Morgan fingerprint density at radius 2 is 1.90 bits per heavy atom. The van der Waals surface area contributed by atoms with Gasteiger partial charge in [-0.05, 0) is 24.6 Å². The Hall–Kier alpha value is -2.33. The maximum atomic E-state index is 6.04. The predicted octanol–water partition coefficient (Wildman–Crippen LogP) is 3.12. The van der Waals surface area contributed by atoms with Crippen molar-refractivity contribution in [3.05, 3.63) is 54.4 Å². The van der Waals surface area contributed by atoms with E-state index in [0.29, 0.717) is 6.54 Å².